The van der Waals surface area contributed by atoms with E-state index in [1.807, 2.05) is 20.8 Å². The smallest absolute Gasteiger partial charge is 0.307 e. The molecule has 2 N–H and O–H groups in total. The van der Waals surface area contributed by atoms with Crippen molar-refractivity contribution < 1.29 is 17.6 Å². The summed E-state index contributed by atoms with van der Waals surface area (Å²) < 4.78 is 41.5. The van der Waals surface area contributed by atoms with Gasteiger partial charge in [0.1, 0.15) is 5.82 Å². The van der Waals surface area contributed by atoms with Crippen LogP contribution in [0.3, 0.4) is 0 Å². The van der Waals surface area contributed by atoms with Crippen molar-refractivity contribution in [1.82, 2.24) is 4.72 Å². The maximum absolute atomic E-state index is 13.4. The summed E-state index contributed by atoms with van der Waals surface area (Å²) in [5.74, 6) is -0.446. The van der Waals surface area contributed by atoms with E-state index in [1.165, 1.54) is 29.2 Å². The van der Waals surface area contributed by atoms with Crippen LogP contribution in [0.15, 0.2) is 77.7 Å². The Balaban J connectivity index is 1.73. The van der Waals surface area contributed by atoms with Crippen LogP contribution >= 0.6 is 11.6 Å². The minimum Gasteiger partial charge on any atom is -0.307 e. The Morgan fingerprint density at radius 3 is 2.24 bits per heavy atom. The van der Waals surface area contributed by atoms with E-state index in [4.69, 9.17) is 11.6 Å². The fourth-order valence-corrected chi connectivity index (χ4v) is 4.45. The molecule has 0 saturated heterocycles. The number of anilines is 2. The van der Waals surface area contributed by atoms with E-state index in [2.05, 4.69) is 10.0 Å². The Morgan fingerprint density at radius 1 is 1.00 bits per heavy atom. The summed E-state index contributed by atoms with van der Waals surface area (Å²) in [6, 6.07) is 18.2. The van der Waals surface area contributed by atoms with Gasteiger partial charge < -0.3 is 5.32 Å². The predicted octanol–water partition coefficient (Wildman–Crippen LogP) is 5.79. The average Bonchev–Trinajstić information content (AvgIpc) is 2.77. The molecule has 34 heavy (non-hydrogen) atoms. The lowest BCUT2D eigenvalue weighted by Gasteiger charge is -2.24. The monoisotopic (exact) mass is 503 g/mol. The normalized spacial score (nSPS) is 11.8. The Hall–Kier alpha value is -2.94. The number of halogens is 2. The van der Waals surface area contributed by atoms with Crippen LogP contribution in [0.5, 0.6) is 0 Å². The molecule has 3 aromatic carbocycles. The second-order valence-electron chi connectivity index (χ2n) is 8.74. The highest BCUT2D eigenvalue weighted by atomic mass is 35.5. The van der Waals surface area contributed by atoms with Crippen molar-refractivity contribution in [2.45, 2.75) is 31.1 Å². The molecule has 0 heterocycles. The summed E-state index contributed by atoms with van der Waals surface area (Å²) >= 11 is 5.99. The van der Waals surface area contributed by atoms with Gasteiger partial charge in [-0.1, -0.05) is 50.6 Å². The lowest BCUT2D eigenvalue weighted by molar-refractivity contribution is 0.257. The number of hydrogen-bond donors (Lipinski definition) is 2. The number of hydrogen-bond acceptors (Lipinski definition) is 3. The summed E-state index contributed by atoms with van der Waals surface area (Å²) in [6.07, 6.45) is 0. The molecule has 0 aliphatic heterocycles. The van der Waals surface area contributed by atoms with Gasteiger partial charge in [-0.15, -0.1) is 0 Å². The van der Waals surface area contributed by atoms with Crippen molar-refractivity contribution in [1.29, 1.82) is 0 Å². The molecule has 0 aliphatic carbocycles. The van der Waals surface area contributed by atoms with Crippen LogP contribution in [0.4, 0.5) is 20.6 Å². The lowest BCUT2D eigenvalue weighted by Crippen LogP contribution is -2.41. The van der Waals surface area contributed by atoms with Gasteiger partial charge in [0.25, 0.3) is 0 Å². The fraction of sp³-hybridized carbons (Fsp3) is 0.240. The van der Waals surface area contributed by atoms with Crippen molar-refractivity contribution in [3.63, 3.8) is 0 Å². The van der Waals surface area contributed by atoms with Crippen LogP contribution in [-0.4, -0.2) is 27.5 Å². The number of sulfonamides is 1. The SMILES string of the molecule is CC(C)(C)c1ccc(S(=O)(=O)NCCN(C(=O)Nc2cccc(Cl)c2)c2ccc(F)cc2)cc1. The molecule has 0 atom stereocenters. The van der Waals surface area contributed by atoms with E-state index in [0.717, 1.165) is 5.56 Å². The first-order valence-electron chi connectivity index (χ1n) is 10.7. The highest BCUT2D eigenvalue weighted by molar-refractivity contribution is 7.89. The van der Waals surface area contributed by atoms with Crippen molar-refractivity contribution in [3.8, 4) is 0 Å². The second-order valence-corrected chi connectivity index (χ2v) is 10.9. The Kier molecular flexibility index (Phi) is 7.97. The van der Waals surface area contributed by atoms with Crippen LogP contribution in [-0.2, 0) is 15.4 Å². The molecule has 180 valence electrons. The molecular weight excluding hydrogens is 477 g/mol. The predicted molar refractivity (Wildman–Crippen MR) is 135 cm³/mol. The molecule has 6 nitrogen and oxygen atoms in total. The maximum atomic E-state index is 13.4. The summed E-state index contributed by atoms with van der Waals surface area (Å²) in [5, 5.41) is 3.18. The summed E-state index contributed by atoms with van der Waals surface area (Å²) in [6.45, 7) is 6.11. The minimum absolute atomic E-state index is 0.0112. The van der Waals surface area contributed by atoms with Crippen molar-refractivity contribution in [2.75, 3.05) is 23.3 Å². The third kappa shape index (κ3) is 6.79. The van der Waals surface area contributed by atoms with Crippen LogP contribution in [0.25, 0.3) is 0 Å². The van der Waals surface area contributed by atoms with Gasteiger partial charge in [0.05, 0.1) is 4.90 Å². The Bertz CT molecular complexity index is 1240. The van der Waals surface area contributed by atoms with Crippen LogP contribution in [0.1, 0.15) is 26.3 Å². The largest absolute Gasteiger partial charge is 0.326 e. The zero-order valence-electron chi connectivity index (χ0n) is 19.2. The van der Waals surface area contributed by atoms with E-state index in [1.54, 1.807) is 48.5 Å². The van der Waals surface area contributed by atoms with Crippen molar-refractivity contribution >= 4 is 39.0 Å². The van der Waals surface area contributed by atoms with E-state index in [-0.39, 0.29) is 23.4 Å². The fourth-order valence-electron chi connectivity index (χ4n) is 3.24. The van der Waals surface area contributed by atoms with Crippen LogP contribution < -0.4 is 14.9 Å². The lowest BCUT2D eigenvalue weighted by atomic mass is 9.87. The van der Waals surface area contributed by atoms with Gasteiger partial charge >= 0.3 is 6.03 Å². The Morgan fingerprint density at radius 2 is 1.65 bits per heavy atom. The molecule has 0 bridgehead atoms. The van der Waals surface area contributed by atoms with Gasteiger partial charge in [-0.2, -0.15) is 0 Å². The molecule has 0 unspecified atom stereocenters. The molecule has 3 aromatic rings. The molecule has 0 aliphatic rings. The molecule has 0 fully saturated rings. The second kappa shape index (κ2) is 10.5. The number of benzene rings is 3. The van der Waals surface area contributed by atoms with E-state index < -0.39 is 21.9 Å². The molecule has 0 saturated carbocycles. The Labute approximate surface area is 204 Å². The number of carbonyl (C=O) groups excluding carboxylic acids is 1. The summed E-state index contributed by atoms with van der Waals surface area (Å²) in [7, 11) is -3.78. The summed E-state index contributed by atoms with van der Waals surface area (Å²) in [4.78, 5) is 14.4. The van der Waals surface area contributed by atoms with E-state index >= 15 is 0 Å². The number of amides is 2. The molecule has 0 radical (unpaired) electrons. The maximum Gasteiger partial charge on any atom is 0.326 e. The van der Waals surface area contributed by atoms with Crippen molar-refractivity contribution in [3.05, 3.63) is 89.2 Å². The topological polar surface area (TPSA) is 78.5 Å². The number of rotatable bonds is 7. The highest BCUT2D eigenvalue weighted by Gasteiger charge is 2.20. The summed E-state index contributed by atoms with van der Waals surface area (Å²) in [5.41, 5.74) is 1.81. The number of urea groups is 1. The zero-order valence-corrected chi connectivity index (χ0v) is 20.8. The van der Waals surface area contributed by atoms with Gasteiger partial charge in [0.2, 0.25) is 10.0 Å². The van der Waals surface area contributed by atoms with Crippen molar-refractivity contribution in [2.24, 2.45) is 0 Å². The first-order chi connectivity index (χ1) is 16.0. The minimum atomic E-state index is -3.78. The standard InChI is InChI=1S/C25H27ClFN3O3S/c1-25(2,3)18-7-13-23(14-8-18)34(32,33)28-15-16-30(22-11-9-20(27)10-12-22)24(31)29-21-6-4-5-19(26)17-21/h4-14,17,28H,15-16H2,1-3H3,(H,29,31). The van der Waals surface area contributed by atoms with E-state index in [9.17, 15) is 17.6 Å². The molecule has 0 aromatic heterocycles. The zero-order chi connectivity index (χ0) is 24.9. The molecule has 9 heteroatoms. The molecule has 3 rings (SSSR count). The van der Waals surface area contributed by atoms with Gasteiger partial charge in [-0.05, 0) is 65.6 Å². The number of nitrogens with one attached hydrogen (secondary N) is 2. The van der Waals surface area contributed by atoms with Gasteiger partial charge in [-0.3, -0.25) is 4.90 Å². The first-order valence-corrected chi connectivity index (χ1v) is 12.5. The van der Waals surface area contributed by atoms with Gasteiger partial charge in [-0.25, -0.2) is 22.3 Å². The van der Waals surface area contributed by atoms with Crippen LogP contribution in [0, 0.1) is 5.82 Å². The number of carbonyl (C=O) groups is 1. The van der Waals surface area contributed by atoms with Gasteiger partial charge in [0, 0.05) is 29.5 Å². The third-order valence-corrected chi connectivity index (χ3v) is 6.83. The van der Waals surface area contributed by atoms with E-state index in [0.29, 0.717) is 16.4 Å². The average molecular weight is 504 g/mol. The molecule has 0 spiro atoms. The van der Waals surface area contributed by atoms with Gasteiger partial charge in [0.15, 0.2) is 0 Å². The molecular formula is C25H27ClFN3O3S. The third-order valence-electron chi connectivity index (χ3n) is 5.12. The first kappa shape index (κ1) is 25.7. The number of nitrogens with zero attached hydrogens (tertiary/aromatic N) is 1. The van der Waals surface area contributed by atoms with Crippen LogP contribution in [0.2, 0.25) is 5.02 Å². The molecule has 2 amide bonds. The highest BCUT2D eigenvalue weighted by Crippen LogP contribution is 2.23. The quantitative estimate of drug-likeness (QED) is 0.428.